The minimum Gasteiger partial charge on any atom is -0.342 e. The van der Waals surface area contributed by atoms with Gasteiger partial charge in [-0.25, -0.2) is 8.42 Å². The van der Waals surface area contributed by atoms with E-state index < -0.39 is 30.5 Å². The molecule has 0 radical (unpaired) electrons. The average molecular weight is 335 g/mol. The first-order chi connectivity index (χ1) is 9.66. The number of unbranched alkanes of at least 4 members (excludes halogenated alkanes) is 1. The van der Waals surface area contributed by atoms with Crippen LogP contribution in [-0.2, 0) is 9.05 Å². The Balaban J connectivity index is 3.26. The highest BCUT2D eigenvalue weighted by Gasteiger charge is 2.21. The molecule has 0 aliphatic carbocycles. The molecule has 9 heteroatoms. The van der Waals surface area contributed by atoms with Gasteiger partial charge in [-0.05, 0) is 12.5 Å². The van der Waals surface area contributed by atoms with Gasteiger partial charge in [0.15, 0.2) is 0 Å². The molecule has 1 aromatic rings. The van der Waals surface area contributed by atoms with Gasteiger partial charge in [0.25, 0.3) is 20.6 Å². The van der Waals surface area contributed by atoms with Crippen molar-refractivity contribution in [2.75, 3.05) is 13.6 Å². The van der Waals surface area contributed by atoms with Gasteiger partial charge in [0.05, 0.1) is 9.82 Å². The summed E-state index contributed by atoms with van der Waals surface area (Å²) < 4.78 is 22.7. The van der Waals surface area contributed by atoms with E-state index in [0.29, 0.717) is 6.54 Å². The highest BCUT2D eigenvalue weighted by molar-refractivity contribution is 8.13. The number of amides is 1. The molecule has 0 saturated carbocycles. The van der Waals surface area contributed by atoms with E-state index in [9.17, 15) is 23.3 Å². The molecular weight excluding hydrogens is 320 g/mol. The first-order valence-corrected chi connectivity index (χ1v) is 8.47. The lowest BCUT2D eigenvalue weighted by molar-refractivity contribution is -0.385. The van der Waals surface area contributed by atoms with Crippen LogP contribution in [0.3, 0.4) is 0 Å². The van der Waals surface area contributed by atoms with E-state index in [0.717, 1.165) is 31.0 Å². The molecule has 116 valence electrons. The summed E-state index contributed by atoms with van der Waals surface area (Å²) in [6, 6.07) is 2.90. The van der Waals surface area contributed by atoms with Gasteiger partial charge in [-0.2, -0.15) is 0 Å². The summed E-state index contributed by atoms with van der Waals surface area (Å²) in [7, 11) is 2.59. The number of hydrogen-bond acceptors (Lipinski definition) is 5. The SMILES string of the molecule is CCCCN(C)C(=O)c1cc([N+](=O)[O-])cc(S(=O)(=O)Cl)c1. The monoisotopic (exact) mass is 334 g/mol. The molecule has 1 rings (SSSR count). The summed E-state index contributed by atoms with van der Waals surface area (Å²) in [5, 5.41) is 10.8. The van der Waals surface area contributed by atoms with Crippen molar-refractivity contribution in [3.63, 3.8) is 0 Å². The van der Waals surface area contributed by atoms with Crippen LogP contribution in [0.2, 0.25) is 0 Å². The Hall–Kier alpha value is -1.67. The highest BCUT2D eigenvalue weighted by Crippen LogP contribution is 2.24. The lowest BCUT2D eigenvalue weighted by atomic mass is 10.1. The summed E-state index contributed by atoms with van der Waals surface area (Å²) in [6.45, 7) is 2.44. The van der Waals surface area contributed by atoms with E-state index in [1.165, 1.54) is 4.90 Å². The molecule has 0 aliphatic rings. The van der Waals surface area contributed by atoms with Crippen LogP contribution in [0, 0.1) is 10.1 Å². The molecule has 0 bridgehead atoms. The Labute approximate surface area is 127 Å². The largest absolute Gasteiger partial charge is 0.342 e. The van der Waals surface area contributed by atoms with Crippen molar-refractivity contribution >= 4 is 31.3 Å². The standard InChI is InChI=1S/C12H15ClN2O5S/c1-3-4-5-14(2)12(16)9-6-10(15(17)18)8-11(7-9)21(13,19)20/h6-8H,3-5H2,1-2H3. The molecule has 0 fully saturated rings. The smallest absolute Gasteiger partial charge is 0.271 e. The van der Waals surface area contributed by atoms with E-state index in [1.54, 1.807) is 7.05 Å². The third-order valence-corrected chi connectivity index (χ3v) is 4.16. The van der Waals surface area contributed by atoms with Gasteiger partial charge in [0, 0.05) is 42.0 Å². The number of halogens is 1. The fraction of sp³-hybridized carbons (Fsp3) is 0.417. The number of carbonyl (C=O) groups excluding carboxylic acids is 1. The molecule has 21 heavy (non-hydrogen) atoms. The zero-order chi connectivity index (χ0) is 16.2. The number of rotatable bonds is 6. The van der Waals surface area contributed by atoms with Gasteiger partial charge >= 0.3 is 0 Å². The van der Waals surface area contributed by atoms with Crippen LogP contribution < -0.4 is 0 Å². The van der Waals surface area contributed by atoms with Crippen molar-refractivity contribution in [1.82, 2.24) is 4.90 Å². The van der Waals surface area contributed by atoms with Crippen LogP contribution in [0.25, 0.3) is 0 Å². The number of nitrogens with zero attached hydrogens (tertiary/aromatic N) is 2. The second-order valence-electron chi connectivity index (χ2n) is 4.49. The third-order valence-electron chi connectivity index (χ3n) is 2.82. The van der Waals surface area contributed by atoms with Crippen molar-refractivity contribution in [1.29, 1.82) is 0 Å². The number of benzene rings is 1. The fourth-order valence-electron chi connectivity index (χ4n) is 1.67. The molecule has 1 aromatic carbocycles. The Morgan fingerprint density at radius 3 is 2.48 bits per heavy atom. The third kappa shape index (κ3) is 4.68. The van der Waals surface area contributed by atoms with Crippen molar-refractivity contribution in [2.24, 2.45) is 0 Å². The molecule has 0 aromatic heterocycles. The number of nitro groups is 1. The van der Waals surface area contributed by atoms with Crippen LogP contribution in [0.4, 0.5) is 5.69 Å². The number of non-ortho nitro benzene ring substituents is 1. The van der Waals surface area contributed by atoms with Crippen LogP contribution in [0.15, 0.2) is 23.1 Å². The minimum atomic E-state index is -4.16. The molecular formula is C12H15ClN2O5S. The zero-order valence-electron chi connectivity index (χ0n) is 11.6. The molecule has 0 atom stereocenters. The van der Waals surface area contributed by atoms with E-state index in [4.69, 9.17) is 10.7 Å². The molecule has 1 amide bonds. The number of hydrogen-bond donors (Lipinski definition) is 0. The molecule has 7 nitrogen and oxygen atoms in total. The predicted molar refractivity (Wildman–Crippen MR) is 78.0 cm³/mol. The molecule has 0 saturated heterocycles. The van der Waals surface area contributed by atoms with Crippen LogP contribution in [0.1, 0.15) is 30.1 Å². The lowest BCUT2D eigenvalue weighted by Crippen LogP contribution is -2.27. The molecule has 0 heterocycles. The van der Waals surface area contributed by atoms with Crippen molar-refractivity contribution in [3.8, 4) is 0 Å². The van der Waals surface area contributed by atoms with Gasteiger partial charge in [-0.15, -0.1) is 0 Å². The first kappa shape index (κ1) is 17.4. The maximum absolute atomic E-state index is 12.2. The summed E-state index contributed by atoms with van der Waals surface area (Å²) in [5.41, 5.74) is -0.578. The Morgan fingerprint density at radius 1 is 1.38 bits per heavy atom. The Kier molecular flexibility index (Phi) is 5.68. The zero-order valence-corrected chi connectivity index (χ0v) is 13.1. The summed E-state index contributed by atoms with van der Waals surface area (Å²) in [4.78, 5) is 23.2. The summed E-state index contributed by atoms with van der Waals surface area (Å²) in [6.07, 6.45) is 1.66. The first-order valence-electron chi connectivity index (χ1n) is 6.16. The van der Waals surface area contributed by atoms with E-state index >= 15 is 0 Å². The van der Waals surface area contributed by atoms with Crippen LogP contribution in [-0.4, -0.2) is 37.7 Å². The molecule has 0 unspecified atom stereocenters. The van der Waals surface area contributed by atoms with E-state index in [-0.39, 0.29) is 5.56 Å². The minimum absolute atomic E-state index is 0.0815. The Morgan fingerprint density at radius 2 is 2.00 bits per heavy atom. The normalized spacial score (nSPS) is 11.2. The van der Waals surface area contributed by atoms with Crippen LogP contribution >= 0.6 is 10.7 Å². The summed E-state index contributed by atoms with van der Waals surface area (Å²) in [5.74, 6) is -0.492. The maximum atomic E-state index is 12.2. The number of nitro benzene ring substituents is 1. The quantitative estimate of drug-likeness (QED) is 0.452. The van der Waals surface area contributed by atoms with E-state index in [2.05, 4.69) is 0 Å². The topological polar surface area (TPSA) is 97.6 Å². The second kappa shape index (κ2) is 6.86. The second-order valence-corrected chi connectivity index (χ2v) is 7.06. The van der Waals surface area contributed by atoms with Gasteiger partial charge in [0.2, 0.25) is 0 Å². The number of carbonyl (C=O) groups is 1. The highest BCUT2D eigenvalue weighted by atomic mass is 35.7. The Bertz CT molecular complexity index is 660. The van der Waals surface area contributed by atoms with Crippen molar-refractivity contribution in [3.05, 3.63) is 33.9 Å². The molecule has 0 spiro atoms. The van der Waals surface area contributed by atoms with Crippen molar-refractivity contribution in [2.45, 2.75) is 24.7 Å². The average Bonchev–Trinajstić information content (AvgIpc) is 2.42. The van der Waals surface area contributed by atoms with Gasteiger partial charge < -0.3 is 4.90 Å². The molecule has 0 N–H and O–H groups in total. The van der Waals surface area contributed by atoms with Gasteiger partial charge in [-0.1, -0.05) is 13.3 Å². The lowest BCUT2D eigenvalue weighted by Gasteiger charge is -2.16. The predicted octanol–water partition coefficient (Wildman–Crippen LogP) is 2.39. The molecule has 0 aliphatic heterocycles. The van der Waals surface area contributed by atoms with Crippen molar-refractivity contribution < 1.29 is 18.1 Å². The van der Waals surface area contributed by atoms with Crippen LogP contribution in [0.5, 0.6) is 0 Å². The van der Waals surface area contributed by atoms with Gasteiger partial charge in [-0.3, -0.25) is 14.9 Å². The summed E-state index contributed by atoms with van der Waals surface area (Å²) >= 11 is 0. The maximum Gasteiger partial charge on any atom is 0.271 e. The fourth-order valence-corrected chi connectivity index (χ4v) is 2.47. The van der Waals surface area contributed by atoms with E-state index in [1.807, 2.05) is 6.92 Å². The van der Waals surface area contributed by atoms with Gasteiger partial charge in [0.1, 0.15) is 0 Å².